The monoisotopic (exact) mass is 334 g/mol. The van der Waals surface area contributed by atoms with Crippen LogP contribution in [-0.4, -0.2) is 18.4 Å². The van der Waals surface area contributed by atoms with E-state index >= 15 is 0 Å². The molecule has 0 unspecified atom stereocenters. The number of hydroxylamine groups is 1. The molecule has 1 aromatic rings. The summed E-state index contributed by atoms with van der Waals surface area (Å²) < 4.78 is 0.847. The van der Waals surface area contributed by atoms with E-state index in [1.165, 1.54) is 0 Å². The third-order valence-corrected chi connectivity index (χ3v) is 3.25. The highest BCUT2D eigenvalue weighted by molar-refractivity contribution is 14.1. The summed E-state index contributed by atoms with van der Waals surface area (Å²) in [7, 11) is 0. The molecule has 0 radical (unpaired) electrons. The second kappa shape index (κ2) is 5.80. The number of nitrogens with one attached hydrogen (secondary N) is 1. The first kappa shape index (κ1) is 12.9. The highest BCUT2D eigenvalue weighted by atomic mass is 127. The number of primary amides is 1. The summed E-state index contributed by atoms with van der Waals surface area (Å²) >= 11 is 2.08. The van der Waals surface area contributed by atoms with Gasteiger partial charge in [-0.25, -0.2) is 5.48 Å². The summed E-state index contributed by atoms with van der Waals surface area (Å²) in [4.78, 5) is 26.6. The van der Waals surface area contributed by atoms with Crippen molar-refractivity contribution in [1.29, 1.82) is 0 Å². The molecule has 2 amide bonds. The van der Waals surface area contributed by atoms with Gasteiger partial charge in [-0.1, -0.05) is 12.1 Å². The summed E-state index contributed by atoms with van der Waals surface area (Å²) in [5, 5.41) is 0. The van der Waals surface area contributed by atoms with Gasteiger partial charge in [0.1, 0.15) is 0 Å². The molecule has 0 heterocycles. The van der Waals surface area contributed by atoms with Crippen LogP contribution in [0.2, 0.25) is 0 Å². The lowest BCUT2D eigenvalue weighted by atomic mass is 10.1. The minimum absolute atomic E-state index is 0.339. The van der Waals surface area contributed by atoms with Crippen molar-refractivity contribution in [3.8, 4) is 0 Å². The van der Waals surface area contributed by atoms with E-state index in [2.05, 4.69) is 32.9 Å². The maximum Gasteiger partial charge on any atom is 0.275 e. The van der Waals surface area contributed by atoms with Gasteiger partial charge < -0.3 is 5.73 Å². The van der Waals surface area contributed by atoms with Gasteiger partial charge in [-0.2, -0.15) is 0 Å². The first-order valence-electron chi connectivity index (χ1n) is 4.48. The Bertz CT molecular complexity index is 421. The Morgan fingerprint density at radius 1 is 1.50 bits per heavy atom. The second-order valence-electron chi connectivity index (χ2n) is 3.12. The van der Waals surface area contributed by atoms with E-state index in [4.69, 9.17) is 5.73 Å². The molecule has 16 heavy (non-hydrogen) atoms. The minimum atomic E-state index is -0.640. The van der Waals surface area contributed by atoms with Crippen LogP contribution >= 0.6 is 22.6 Å². The Kier molecular flexibility index (Phi) is 4.69. The lowest BCUT2D eigenvalue weighted by Gasteiger charge is -2.07. The molecule has 3 N–H and O–H groups in total. The fourth-order valence-electron chi connectivity index (χ4n) is 1.05. The van der Waals surface area contributed by atoms with Crippen molar-refractivity contribution in [3.05, 3.63) is 32.9 Å². The third-order valence-electron chi connectivity index (χ3n) is 1.82. The maximum absolute atomic E-state index is 11.6. The summed E-state index contributed by atoms with van der Waals surface area (Å²) in [6.45, 7) is 1.57. The standard InChI is InChI=1S/C10H11IN2O3/c1-6-3-2-4-7(9(6)11)10(15)13-16-5-8(12)14/h2-4H,5H2,1H3,(H2,12,14)(H,13,15). The van der Waals surface area contributed by atoms with E-state index in [-0.39, 0.29) is 6.61 Å². The minimum Gasteiger partial charge on any atom is -0.368 e. The van der Waals surface area contributed by atoms with Crippen LogP contribution in [0.1, 0.15) is 15.9 Å². The number of benzene rings is 1. The highest BCUT2D eigenvalue weighted by Gasteiger charge is 2.11. The number of rotatable bonds is 4. The van der Waals surface area contributed by atoms with Crippen molar-refractivity contribution in [2.75, 3.05) is 6.61 Å². The lowest BCUT2D eigenvalue weighted by molar-refractivity contribution is -0.124. The molecule has 0 aromatic heterocycles. The molecule has 0 aliphatic carbocycles. The molecule has 86 valence electrons. The summed E-state index contributed by atoms with van der Waals surface area (Å²) in [5.41, 5.74) is 8.52. The van der Waals surface area contributed by atoms with E-state index in [0.717, 1.165) is 9.13 Å². The van der Waals surface area contributed by atoms with Crippen molar-refractivity contribution >= 4 is 34.4 Å². The molecule has 0 saturated carbocycles. The van der Waals surface area contributed by atoms with Crippen molar-refractivity contribution in [2.45, 2.75) is 6.92 Å². The summed E-state index contributed by atoms with van der Waals surface area (Å²) in [6, 6.07) is 5.36. The first-order chi connectivity index (χ1) is 7.52. The number of aryl methyl sites for hydroxylation is 1. The van der Waals surface area contributed by atoms with Crippen molar-refractivity contribution in [2.24, 2.45) is 5.73 Å². The largest absolute Gasteiger partial charge is 0.368 e. The number of halogens is 1. The van der Waals surface area contributed by atoms with Crippen molar-refractivity contribution in [1.82, 2.24) is 5.48 Å². The normalized spacial score (nSPS) is 9.88. The van der Waals surface area contributed by atoms with Crippen LogP contribution in [0.3, 0.4) is 0 Å². The molecule has 0 fully saturated rings. The lowest BCUT2D eigenvalue weighted by Crippen LogP contribution is -2.29. The van der Waals surface area contributed by atoms with Crippen LogP contribution < -0.4 is 11.2 Å². The fourth-order valence-corrected chi connectivity index (χ4v) is 1.66. The molecule has 0 atom stereocenters. The Labute approximate surface area is 106 Å². The van der Waals surface area contributed by atoms with E-state index in [0.29, 0.717) is 5.56 Å². The topological polar surface area (TPSA) is 81.4 Å². The molecular formula is C10H11IN2O3. The maximum atomic E-state index is 11.6. The van der Waals surface area contributed by atoms with Crippen LogP contribution in [-0.2, 0) is 9.63 Å². The van der Waals surface area contributed by atoms with Gasteiger partial charge in [-0.05, 0) is 41.1 Å². The SMILES string of the molecule is Cc1cccc(C(=O)NOCC(N)=O)c1I. The Hall–Kier alpha value is -1.15. The number of hydrogen-bond acceptors (Lipinski definition) is 3. The van der Waals surface area contributed by atoms with E-state index < -0.39 is 11.8 Å². The van der Waals surface area contributed by atoms with Gasteiger partial charge in [0, 0.05) is 3.57 Å². The van der Waals surface area contributed by atoms with Gasteiger partial charge in [-0.15, -0.1) is 0 Å². The van der Waals surface area contributed by atoms with Gasteiger partial charge in [-0.3, -0.25) is 14.4 Å². The van der Waals surface area contributed by atoms with Gasteiger partial charge in [0.25, 0.3) is 5.91 Å². The van der Waals surface area contributed by atoms with Crippen LogP contribution in [0.15, 0.2) is 18.2 Å². The molecule has 0 bridgehead atoms. The van der Waals surface area contributed by atoms with Gasteiger partial charge in [0.05, 0.1) is 5.56 Å². The number of carbonyl (C=O) groups excluding carboxylic acids is 2. The number of carbonyl (C=O) groups is 2. The van der Waals surface area contributed by atoms with Gasteiger partial charge >= 0.3 is 0 Å². The first-order valence-corrected chi connectivity index (χ1v) is 5.56. The number of amides is 2. The van der Waals surface area contributed by atoms with Crippen LogP contribution in [0.5, 0.6) is 0 Å². The average Bonchev–Trinajstić information content (AvgIpc) is 2.21. The van der Waals surface area contributed by atoms with E-state index in [9.17, 15) is 9.59 Å². The van der Waals surface area contributed by atoms with Crippen molar-refractivity contribution < 1.29 is 14.4 Å². The number of nitrogens with two attached hydrogens (primary N) is 1. The zero-order valence-corrected chi connectivity index (χ0v) is 10.8. The molecule has 0 spiro atoms. The van der Waals surface area contributed by atoms with Crippen LogP contribution in [0.25, 0.3) is 0 Å². The van der Waals surface area contributed by atoms with Crippen molar-refractivity contribution in [3.63, 3.8) is 0 Å². The van der Waals surface area contributed by atoms with Crippen LogP contribution in [0, 0.1) is 10.5 Å². The third kappa shape index (κ3) is 3.46. The summed E-state index contributed by atoms with van der Waals surface area (Å²) in [5.74, 6) is -1.03. The fraction of sp³-hybridized carbons (Fsp3) is 0.200. The summed E-state index contributed by atoms with van der Waals surface area (Å²) in [6.07, 6.45) is 0. The smallest absolute Gasteiger partial charge is 0.275 e. The highest BCUT2D eigenvalue weighted by Crippen LogP contribution is 2.16. The Morgan fingerprint density at radius 2 is 2.19 bits per heavy atom. The predicted octanol–water partition coefficient (Wildman–Crippen LogP) is 0.746. The molecular weight excluding hydrogens is 323 g/mol. The zero-order valence-electron chi connectivity index (χ0n) is 8.62. The second-order valence-corrected chi connectivity index (χ2v) is 4.20. The van der Waals surface area contributed by atoms with Gasteiger partial charge in [0.15, 0.2) is 6.61 Å². The predicted molar refractivity (Wildman–Crippen MR) is 66.5 cm³/mol. The molecule has 0 aliphatic rings. The van der Waals surface area contributed by atoms with E-state index in [1.807, 2.05) is 13.0 Å². The molecule has 1 rings (SSSR count). The molecule has 1 aromatic carbocycles. The van der Waals surface area contributed by atoms with E-state index in [1.54, 1.807) is 12.1 Å². The zero-order chi connectivity index (χ0) is 12.1. The van der Waals surface area contributed by atoms with Gasteiger partial charge in [0.2, 0.25) is 5.91 Å². The molecule has 0 aliphatic heterocycles. The Morgan fingerprint density at radius 3 is 2.81 bits per heavy atom. The molecule has 5 nitrogen and oxygen atoms in total. The average molecular weight is 334 g/mol. The quantitative estimate of drug-likeness (QED) is 0.630. The molecule has 6 heteroatoms. The molecule has 0 saturated heterocycles. The number of hydrogen-bond donors (Lipinski definition) is 2. The van der Waals surface area contributed by atoms with Crippen LogP contribution in [0.4, 0.5) is 0 Å². The Balaban J connectivity index is 2.66.